The molecule has 2 saturated heterocycles. The Labute approximate surface area is 432 Å². The molecule has 2 aliphatic rings. The molecule has 0 spiro atoms. The molecule has 2 rings (SSSR count). The third kappa shape index (κ3) is 36.2. The van der Waals surface area contributed by atoms with E-state index >= 15 is 0 Å². The molecule has 0 aromatic rings. The molecule has 16 heteroatoms. The molecule has 0 bridgehead atoms. The van der Waals surface area contributed by atoms with E-state index in [4.69, 9.17) is 18.5 Å². The van der Waals surface area contributed by atoms with Crippen LogP contribution in [0.4, 0.5) is 4.79 Å². The van der Waals surface area contributed by atoms with Crippen LogP contribution in [0.1, 0.15) is 219 Å². The third-order valence-corrected chi connectivity index (χ3v) is 14.6. The summed E-state index contributed by atoms with van der Waals surface area (Å²) in [4.78, 5) is 51.3. The maximum Gasteiger partial charge on any atom is 1.00 e. The Morgan fingerprint density at radius 3 is 1.75 bits per heavy atom. The van der Waals surface area contributed by atoms with Gasteiger partial charge < -0.3 is 35.1 Å². The molecule has 2 fully saturated rings. The Kier molecular flexibility index (Phi) is 41.2. The number of phosphoric ester groups is 1. The Morgan fingerprint density at radius 2 is 1.19 bits per heavy atom. The zero-order valence-electron chi connectivity index (χ0n) is 42.2. The minimum absolute atomic E-state index is 0. The molecular formula is C51H91N3NaO10PS. The Hall–Kier alpha value is -1.38. The normalized spacial score (nSPS) is 18.4. The van der Waals surface area contributed by atoms with Gasteiger partial charge in [0.25, 0.3) is 0 Å². The van der Waals surface area contributed by atoms with Crippen molar-refractivity contribution in [3.8, 4) is 0 Å². The van der Waals surface area contributed by atoms with Crippen LogP contribution in [-0.2, 0) is 32.7 Å². The summed E-state index contributed by atoms with van der Waals surface area (Å²) in [5, 5.41) is 18.5. The number of esters is 2. The van der Waals surface area contributed by atoms with E-state index in [0.29, 0.717) is 24.5 Å². The van der Waals surface area contributed by atoms with Gasteiger partial charge >= 0.3 is 55.3 Å². The van der Waals surface area contributed by atoms with Gasteiger partial charge in [-0.15, -0.1) is 0 Å². The molecule has 13 nitrogen and oxygen atoms in total. The van der Waals surface area contributed by atoms with Gasteiger partial charge in [-0.1, -0.05) is 147 Å². The second-order valence-corrected chi connectivity index (χ2v) is 20.9. The summed E-state index contributed by atoms with van der Waals surface area (Å²) >= 11 is 1.83. The molecule has 5 unspecified atom stereocenters. The number of phosphoric acid groups is 1. The van der Waals surface area contributed by atoms with Crippen molar-refractivity contribution in [3.63, 3.8) is 0 Å². The summed E-state index contributed by atoms with van der Waals surface area (Å²) in [6, 6.07) is 0.174. The van der Waals surface area contributed by atoms with Crippen LogP contribution in [0.2, 0.25) is 0 Å². The van der Waals surface area contributed by atoms with Gasteiger partial charge in [-0.2, -0.15) is 11.8 Å². The quantitative estimate of drug-likeness (QED) is 0.00773. The summed E-state index contributed by atoms with van der Waals surface area (Å²) in [5.74, 6) is -0.349. The fraction of sp³-hybridized carbons (Fsp3) is 0.843. The van der Waals surface area contributed by atoms with E-state index in [2.05, 4.69) is 53.8 Å². The molecule has 0 saturated carbocycles. The smallest absolute Gasteiger partial charge is 0.862 e. The number of carbonyl (C=O) groups is 3. The number of urea groups is 1. The average molecular weight is 992 g/mol. The van der Waals surface area contributed by atoms with E-state index in [0.717, 1.165) is 95.6 Å². The fourth-order valence-electron chi connectivity index (χ4n) is 8.18. The van der Waals surface area contributed by atoms with Crippen molar-refractivity contribution >= 4 is 43.5 Å². The number of hydrogen-bond acceptors (Lipinski definition) is 11. The van der Waals surface area contributed by atoms with Crippen LogP contribution in [0.3, 0.4) is 0 Å². The van der Waals surface area contributed by atoms with E-state index in [1.54, 1.807) is 0 Å². The Bertz CT molecular complexity index is 1410. The molecule has 3 N–H and O–H groups in total. The van der Waals surface area contributed by atoms with Crippen molar-refractivity contribution in [3.05, 3.63) is 24.3 Å². The van der Waals surface area contributed by atoms with E-state index in [1.165, 1.54) is 77.0 Å². The van der Waals surface area contributed by atoms with E-state index in [9.17, 15) is 28.9 Å². The zero-order chi connectivity index (χ0) is 47.8. The summed E-state index contributed by atoms with van der Waals surface area (Å²) < 4.78 is 33.9. The fourth-order valence-corrected chi connectivity index (χ4v) is 10.5. The van der Waals surface area contributed by atoms with Crippen LogP contribution in [0, 0.1) is 0 Å². The number of hydrogen-bond donors (Lipinski definition) is 3. The predicted octanol–water partition coefficient (Wildman–Crippen LogP) is 9.14. The van der Waals surface area contributed by atoms with E-state index < -0.39 is 32.5 Å². The first kappa shape index (κ1) is 63.6. The van der Waals surface area contributed by atoms with Gasteiger partial charge in [-0.05, 0) is 89.4 Å². The first-order valence-electron chi connectivity index (χ1n) is 26.3. The number of carbonyl (C=O) groups excluding carboxylic acids is 3. The maximum absolute atomic E-state index is 12.8. The van der Waals surface area contributed by atoms with Crippen LogP contribution < -0.4 is 45.3 Å². The molecule has 2 amide bonds. The number of thioether (sulfide) groups is 1. The SMILES string of the molecule is CCCCCCCCC=CCCCCCCCC(=O)OCC(COP(=O)(O)OCCN=C([O-])CCCCC1SCC2NC(=O)NC21)OC(=O)CCCCCCCC=CCCCCCCCC.[Na+]. The summed E-state index contributed by atoms with van der Waals surface area (Å²) in [5.41, 5.74) is 0. The molecule has 5 atom stereocenters. The first-order chi connectivity index (χ1) is 32.1. The summed E-state index contributed by atoms with van der Waals surface area (Å²) in [7, 11) is -4.60. The molecule has 2 heterocycles. The molecule has 67 heavy (non-hydrogen) atoms. The molecule has 2 aliphatic heterocycles. The van der Waals surface area contributed by atoms with Gasteiger partial charge in [0.05, 0.1) is 31.8 Å². The number of allylic oxidation sites excluding steroid dienone is 4. The third-order valence-electron chi connectivity index (χ3n) is 12.1. The van der Waals surface area contributed by atoms with Gasteiger partial charge in [0.1, 0.15) is 6.61 Å². The maximum atomic E-state index is 12.8. The van der Waals surface area contributed by atoms with Crippen LogP contribution in [0.15, 0.2) is 29.3 Å². The van der Waals surface area contributed by atoms with Crippen molar-refractivity contribution < 1.29 is 77.0 Å². The molecular weight excluding hydrogens is 901 g/mol. The zero-order valence-corrected chi connectivity index (χ0v) is 45.9. The minimum atomic E-state index is -4.60. The van der Waals surface area contributed by atoms with E-state index in [-0.39, 0.29) is 92.6 Å². The second kappa shape index (κ2) is 43.4. The molecule has 0 aromatic heterocycles. The van der Waals surface area contributed by atoms with Crippen molar-refractivity contribution in [2.45, 2.75) is 243 Å². The number of amides is 2. The van der Waals surface area contributed by atoms with Crippen molar-refractivity contribution in [1.82, 2.24) is 10.6 Å². The average Bonchev–Trinajstić information content (AvgIpc) is 3.86. The van der Waals surface area contributed by atoms with E-state index in [1.807, 2.05) is 11.8 Å². The molecule has 0 aromatic carbocycles. The summed E-state index contributed by atoms with van der Waals surface area (Å²) in [6.45, 7) is 3.23. The van der Waals surface area contributed by atoms with Crippen molar-refractivity contribution in [2.24, 2.45) is 4.99 Å². The van der Waals surface area contributed by atoms with Crippen LogP contribution in [0.25, 0.3) is 0 Å². The van der Waals surface area contributed by atoms with Gasteiger partial charge in [0, 0.05) is 23.8 Å². The second-order valence-electron chi connectivity index (χ2n) is 18.2. The Balaban J connectivity index is 0.0000224. The summed E-state index contributed by atoms with van der Waals surface area (Å²) in [6.07, 6.45) is 41.1. The first-order valence-corrected chi connectivity index (χ1v) is 28.8. The van der Waals surface area contributed by atoms with Crippen LogP contribution in [0.5, 0.6) is 0 Å². The largest absolute Gasteiger partial charge is 1.00 e. The van der Waals surface area contributed by atoms with Gasteiger partial charge in [-0.3, -0.25) is 18.6 Å². The number of fused-ring (bicyclic) bond motifs is 1. The van der Waals surface area contributed by atoms with Gasteiger partial charge in [-0.25, -0.2) is 9.36 Å². The van der Waals surface area contributed by atoms with Crippen LogP contribution >= 0.6 is 19.6 Å². The number of nitrogens with one attached hydrogen (secondary N) is 2. The number of nitrogens with zero attached hydrogens (tertiary/aromatic N) is 1. The number of aliphatic imine (C=N–C) groups is 1. The standard InChI is InChI=1S/C51H92N3O10PS.Na/c1-3-5-7-9-11-13-15-17-19-21-23-25-27-29-31-37-48(56)61-41-44(64-49(57)38-32-30-28-26-24-22-20-18-16-14-12-10-8-6-4-2)42-63-65(59,60)62-40-39-52-47(55)36-34-33-35-46-50-45(43-66-46)53-51(58)54-50;/h17-20,44-46,50H,3-16,21-43H2,1-2H3,(H,52,55)(H,59,60)(H2,53,54,58);/q;+1/p-1. The topological polar surface area (TPSA) is 185 Å². The van der Waals surface area contributed by atoms with Crippen molar-refractivity contribution in [2.75, 3.05) is 32.1 Å². The molecule has 0 aliphatic carbocycles. The number of unbranched alkanes of at least 4 members (excludes halogenated alkanes) is 23. The van der Waals surface area contributed by atoms with Crippen LogP contribution in [-0.4, -0.2) is 84.3 Å². The molecule has 0 radical (unpaired) electrons. The minimum Gasteiger partial charge on any atom is -0.862 e. The van der Waals surface area contributed by atoms with Crippen molar-refractivity contribution in [1.29, 1.82) is 0 Å². The number of rotatable bonds is 45. The van der Waals surface area contributed by atoms with Gasteiger partial charge in [0.2, 0.25) is 0 Å². The predicted molar refractivity (Wildman–Crippen MR) is 268 cm³/mol. The van der Waals surface area contributed by atoms with Gasteiger partial charge in [0.15, 0.2) is 6.10 Å². The monoisotopic (exact) mass is 992 g/mol. The molecule has 382 valence electrons. The Morgan fingerprint density at radius 1 is 0.701 bits per heavy atom. The number of ether oxygens (including phenoxy) is 2.